The molecule has 1 aromatic carbocycles. The number of halogens is 1. The predicted octanol–water partition coefficient (Wildman–Crippen LogP) is 3.52. The van der Waals surface area contributed by atoms with E-state index in [9.17, 15) is 9.18 Å². The summed E-state index contributed by atoms with van der Waals surface area (Å²) in [6.07, 6.45) is 4.75. The van der Waals surface area contributed by atoms with E-state index in [2.05, 4.69) is 15.3 Å². The maximum absolute atomic E-state index is 14.5. The molecule has 0 bridgehead atoms. The molecule has 1 N–H and O–H groups in total. The molecule has 0 radical (unpaired) electrons. The van der Waals surface area contributed by atoms with Crippen LogP contribution >= 0.6 is 11.9 Å². The highest BCUT2D eigenvalue weighted by molar-refractivity contribution is 7.97. The first-order chi connectivity index (χ1) is 12.0. The number of carbonyl (C=O) groups excluding carboxylic acids is 1. The standard InChI is InChI=1S/C18H17FN4OS/c1-12-3-5-15(6-4-12)25-23-8-7-16(17(23)19)18(24)22-11-14-10-20-13(2)9-21-14/h3-10H,11H2,1-2H3,(H,22,24). The quantitative estimate of drug-likeness (QED) is 0.760. The van der Waals surface area contributed by atoms with Crippen LogP contribution in [0.25, 0.3) is 0 Å². The minimum atomic E-state index is -0.585. The van der Waals surface area contributed by atoms with Crippen LogP contribution in [0.5, 0.6) is 0 Å². The maximum atomic E-state index is 14.5. The van der Waals surface area contributed by atoms with Gasteiger partial charge in [0.05, 0.1) is 29.7 Å². The fourth-order valence-electron chi connectivity index (χ4n) is 2.12. The van der Waals surface area contributed by atoms with Gasteiger partial charge in [-0.1, -0.05) is 17.7 Å². The number of aryl methyl sites for hydroxylation is 2. The lowest BCUT2D eigenvalue weighted by Crippen LogP contribution is -2.24. The van der Waals surface area contributed by atoms with E-state index in [4.69, 9.17) is 0 Å². The molecule has 0 aliphatic rings. The fraction of sp³-hybridized carbons (Fsp3) is 0.167. The van der Waals surface area contributed by atoms with Gasteiger partial charge in [-0.15, -0.1) is 0 Å². The summed E-state index contributed by atoms with van der Waals surface area (Å²) in [6, 6.07) is 9.21. The molecule has 0 fully saturated rings. The summed E-state index contributed by atoms with van der Waals surface area (Å²) in [5.41, 5.74) is 2.55. The van der Waals surface area contributed by atoms with Crippen LogP contribution < -0.4 is 5.32 Å². The lowest BCUT2D eigenvalue weighted by molar-refractivity contribution is 0.0946. The molecule has 0 aliphatic heterocycles. The zero-order chi connectivity index (χ0) is 17.8. The number of rotatable bonds is 5. The Hall–Kier alpha value is -2.67. The van der Waals surface area contributed by atoms with Crippen molar-refractivity contribution in [3.63, 3.8) is 0 Å². The predicted molar refractivity (Wildman–Crippen MR) is 94.8 cm³/mol. The van der Waals surface area contributed by atoms with Gasteiger partial charge in [-0.25, -0.2) is 0 Å². The Morgan fingerprint density at radius 2 is 1.92 bits per heavy atom. The largest absolute Gasteiger partial charge is 0.346 e. The number of aromatic nitrogens is 3. The summed E-state index contributed by atoms with van der Waals surface area (Å²) < 4.78 is 15.8. The van der Waals surface area contributed by atoms with Crippen LogP contribution in [0, 0.1) is 19.8 Å². The lowest BCUT2D eigenvalue weighted by atomic mass is 10.2. The van der Waals surface area contributed by atoms with E-state index in [0.29, 0.717) is 5.69 Å². The Bertz CT molecular complexity index is 875. The van der Waals surface area contributed by atoms with Crippen molar-refractivity contribution in [1.29, 1.82) is 0 Å². The molecular formula is C18H17FN4OS. The summed E-state index contributed by atoms with van der Waals surface area (Å²) in [7, 11) is 0. The third-order valence-electron chi connectivity index (χ3n) is 3.53. The van der Waals surface area contributed by atoms with Gasteiger partial charge in [-0.2, -0.15) is 4.39 Å². The van der Waals surface area contributed by atoms with Gasteiger partial charge in [-0.3, -0.25) is 18.7 Å². The van der Waals surface area contributed by atoms with Gasteiger partial charge in [0.1, 0.15) is 0 Å². The molecule has 7 heteroatoms. The second-order valence-electron chi connectivity index (χ2n) is 5.58. The molecule has 128 valence electrons. The molecule has 0 saturated heterocycles. The Kier molecular flexibility index (Phi) is 5.14. The second kappa shape index (κ2) is 7.48. The monoisotopic (exact) mass is 356 g/mol. The van der Waals surface area contributed by atoms with Crippen molar-refractivity contribution in [1.82, 2.24) is 19.3 Å². The van der Waals surface area contributed by atoms with Crippen LogP contribution in [-0.2, 0) is 6.54 Å². The van der Waals surface area contributed by atoms with E-state index in [1.54, 1.807) is 18.6 Å². The average Bonchev–Trinajstić information content (AvgIpc) is 2.97. The molecule has 25 heavy (non-hydrogen) atoms. The molecule has 0 aliphatic carbocycles. The zero-order valence-corrected chi connectivity index (χ0v) is 14.7. The Morgan fingerprint density at radius 1 is 1.16 bits per heavy atom. The number of nitrogens with zero attached hydrogens (tertiary/aromatic N) is 3. The highest BCUT2D eigenvalue weighted by Crippen LogP contribution is 2.24. The van der Waals surface area contributed by atoms with Crippen LogP contribution in [0.15, 0.2) is 53.8 Å². The van der Waals surface area contributed by atoms with Gasteiger partial charge in [0.25, 0.3) is 5.91 Å². The van der Waals surface area contributed by atoms with E-state index in [1.807, 2.05) is 38.1 Å². The lowest BCUT2D eigenvalue weighted by Gasteiger charge is -2.05. The highest BCUT2D eigenvalue weighted by Gasteiger charge is 2.16. The van der Waals surface area contributed by atoms with Crippen molar-refractivity contribution in [2.45, 2.75) is 25.3 Å². The Balaban J connectivity index is 1.66. The van der Waals surface area contributed by atoms with Crippen molar-refractivity contribution in [3.05, 3.63) is 77.4 Å². The third-order valence-corrected chi connectivity index (χ3v) is 4.49. The fourth-order valence-corrected chi connectivity index (χ4v) is 2.91. The van der Waals surface area contributed by atoms with Crippen molar-refractivity contribution in [3.8, 4) is 0 Å². The van der Waals surface area contributed by atoms with E-state index in [1.165, 1.54) is 22.0 Å². The molecule has 3 aromatic rings. The second-order valence-corrected chi connectivity index (χ2v) is 6.63. The minimum absolute atomic E-state index is 0.000294. The van der Waals surface area contributed by atoms with Crippen LogP contribution in [0.4, 0.5) is 4.39 Å². The van der Waals surface area contributed by atoms with Crippen molar-refractivity contribution >= 4 is 17.9 Å². The molecule has 2 aromatic heterocycles. The highest BCUT2D eigenvalue weighted by atomic mass is 32.2. The van der Waals surface area contributed by atoms with Crippen LogP contribution in [0.3, 0.4) is 0 Å². The molecule has 2 heterocycles. The summed E-state index contributed by atoms with van der Waals surface area (Å²) in [6.45, 7) is 4.02. The van der Waals surface area contributed by atoms with Crippen molar-refractivity contribution in [2.24, 2.45) is 0 Å². The molecular weight excluding hydrogens is 339 g/mol. The van der Waals surface area contributed by atoms with Crippen LogP contribution in [0.1, 0.15) is 27.3 Å². The van der Waals surface area contributed by atoms with Crippen LogP contribution in [-0.4, -0.2) is 19.8 Å². The molecule has 0 saturated carbocycles. The number of hydrogen-bond acceptors (Lipinski definition) is 4. The number of nitrogens with one attached hydrogen (secondary N) is 1. The smallest absolute Gasteiger partial charge is 0.256 e. The van der Waals surface area contributed by atoms with Gasteiger partial charge in [0.15, 0.2) is 0 Å². The summed E-state index contributed by atoms with van der Waals surface area (Å²) >= 11 is 1.22. The van der Waals surface area contributed by atoms with Gasteiger partial charge >= 0.3 is 0 Å². The van der Waals surface area contributed by atoms with E-state index >= 15 is 0 Å². The number of amides is 1. The van der Waals surface area contributed by atoms with Crippen molar-refractivity contribution < 1.29 is 9.18 Å². The third kappa shape index (κ3) is 4.24. The first-order valence-electron chi connectivity index (χ1n) is 7.70. The molecule has 0 unspecified atom stereocenters. The van der Waals surface area contributed by atoms with Crippen molar-refractivity contribution in [2.75, 3.05) is 0 Å². The molecule has 5 nitrogen and oxygen atoms in total. The van der Waals surface area contributed by atoms with Gasteiger partial charge in [-0.05, 0) is 44.0 Å². The van der Waals surface area contributed by atoms with Gasteiger partial charge in [0.2, 0.25) is 5.95 Å². The summed E-state index contributed by atoms with van der Waals surface area (Å²) in [5.74, 6) is -1.07. The van der Waals surface area contributed by atoms with Gasteiger partial charge in [0, 0.05) is 17.3 Å². The first-order valence-corrected chi connectivity index (χ1v) is 8.48. The first kappa shape index (κ1) is 17.2. The topological polar surface area (TPSA) is 59.8 Å². The molecule has 3 rings (SSSR count). The van der Waals surface area contributed by atoms with E-state index < -0.39 is 11.9 Å². The van der Waals surface area contributed by atoms with Gasteiger partial charge < -0.3 is 5.32 Å². The Morgan fingerprint density at radius 3 is 2.60 bits per heavy atom. The number of hydrogen-bond donors (Lipinski definition) is 1. The van der Waals surface area contributed by atoms with E-state index in [-0.39, 0.29) is 12.1 Å². The average molecular weight is 356 g/mol. The number of carbonyl (C=O) groups is 1. The SMILES string of the molecule is Cc1ccc(Sn2ccc(C(=O)NCc3cnc(C)cn3)c2F)cc1. The van der Waals surface area contributed by atoms with E-state index in [0.717, 1.165) is 16.2 Å². The summed E-state index contributed by atoms with van der Waals surface area (Å²) in [4.78, 5) is 21.3. The summed E-state index contributed by atoms with van der Waals surface area (Å²) in [5, 5.41) is 2.66. The Labute approximate surface area is 149 Å². The molecule has 0 atom stereocenters. The normalized spacial score (nSPS) is 10.7. The maximum Gasteiger partial charge on any atom is 0.256 e. The molecule has 0 spiro atoms. The number of benzene rings is 1. The van der Waals surface area contributed by atoms with Crippen LogP contribution in [0.2, 0.25) is 0 Å². The minimum Gasteiger partial charge on any atom is -0.346 e. The molecule has 1 amide bonds. The zero-order valence-electron chi connectivity index (χ0n) is 13.9.